The van der Waals surface area contributed by atoms with Crippen LogP contribution in [0.25, 0.3) is 0 Å². The Bertz CT molecular complexity index is 209. The van der Waals surface area contributed by atoms with Crippen LogP contribution in [-0.2, 0) is 9.53 Å². The van der Waals surface area contributed by atoms with Gasteiger partial charge < -0.3 is 10.1 Å². The number of rotatable bonds is 8. The van der Waals surface area contributed by atoms with E-state index in [9.17, 15) is 4.79 Å². The Morgan fingerprint density at radius 2 is 1.71 bits per heavy atom. The first-order valence-corrected chi connectivity index (χ1v) is 6.44. The molecule has 1 N–H and O–H groups in total. The highest BCUT2D eigenvalue weighted by Crippen LogP contribution is 2.03. The number of hydrogen-bond donors (Lipinski definition) is 1. The van der Waals surface area contributed by atoms with Gasteiger partial charge in [-0.1, -0.05) is 6.92 Å². The molecule has 0 saturated carbocycles. The van der Waals surface area contributed by atoms with Gasteiger partial charge in [0.15, 0.2) is 0 Å². The number of hydrogen-bond acceptors (Lipinski definition) is 4. The third-order valence-corrected chi connectivity index (χ3v) is 2.93. The predicted molar refractivity (Wildman–Crippen MR) is 71.0 cm³/mol. The maximum Gasteiger partial charge on any atom is 0.309 e. The number of methoxy groups -OCH3 is 1. The molecular formula is C13H28N2O2. The van der Waals surface area contributed by atoms with Crippen molar-refractivity contribution in [2.75, 3.05) is 26.7 Å². The number of esters is 1. The van der Waals surface area contributed by atoms with Crippen molar-refractivity contribution in [3.63, 3.8) is 0 Å². The third kappa shape index (κ3) is 6.64. The minimum atomic E-state index is -0.151. The van der Waals surface area contributed by atoms with Gasteiger partial charge in [0.05, 0.1) is 13.0 Å². The van der Waals surface area contributed by atoms with E-state index in [2.05, 4.69) is 42.6 Å². The quantitative estimate of drug-likeness (QED) is 0.519. The molecule has 0 heterocycles. The fourth-order valence-electron chi connectivity index (χ4n) is 1.92. The molecule has 1 atom stereocenters. The van der Waals surface area contributed by atoms with Gasteiger partial charge in [-0.15, -0.1) is 0 Å². The zero-order valence-corrected chi connectivity index (χ0v) is 12.1. The molecule has 4 nitrogen and oxygen atoms in total. The van der Waals surface area contributed by atoms with Crippen LogP contribution in [-0.4, -0.2) is 49.7 Å². The van der Waals surface area contributed by atoms with Crippen LogP contribution in [0.3, 0.4) is 0 Å². The minimum Gasteiger partial charge on any atom is -0.469 e. The van der Waals surface area contributed by atoms with Crippen LogP contribution in [0, 0.1) is 5.92 Å². The van der Waals surface area contributed by atoms with Gasteiger partial charge in [-0.25, -0.2) is 0 Å². The lowest BCUT2D eigenvalue weighted by molar-refractivity contribution is -0.144. The fourth-order valence-corrected chi connectivity index (χ4v) is 1.92. The average Bonchev–Trinajstić information content (AvgIpc) is 2.26. The van der Waals surface area contributed by atoms with E-state index in [-0.39, 0.29) is 11.9 Å². The first-order valence-electron chi connectivity index (χ1n) is 6.44. The molecule has 0 fully saturated rings. The van der Waals surface area contributed by atoms with Crippen LogP contribution < -0.4 is 5.32 Å². The van der Waals surface area contributed by atoms with Crippen molar-refractivity contribution < 1.29 is 9.53 Å². The summed E-state index contributed by atoms with van der Waals surface area (Å²) in [7, 11) is 1.43. The van der Waals surface area contributed by atoms with Crippen molar-refractivity contribution in [2.24, 2.45) is 5.92 Å². The number of carbonyl (C=O) groups is 1. The van der Waals surface area contributed by atoms with Crippen molar-refractivity contribution in [3.05, 3.63) is 0 Å². The van der Waals surface area contributed by atoms with Gasteiger partial charge in [0.2, 0.25) is 0 Å². The molecule has 102 valence electrons. The zero-order valence-electron chi connectivity index (χ0n) is 12.1. The molecule has 0 aromatic heterocycles. The first-order chi connectivity index (χ1) is 7.90. The smallest absolute Gasteiger partial charge is 0.309 e. The Morgan fingerprint density at radius 1 is 1.18 bits per heavy atom. The number of nitrogens with one attached hydrogen (secondary N) is 1. The summed E-state index contributed by atoms with van der Waals surface area (Å²) in [4.78, 5) is 13.6. The Kier molecular flexibility index (Phi) is 8.17. The summed E-state index contributed by atoms with van der Waals surface area (Å²) in [6.07, 6.45) is 0. The predicted octanol–water partition coefficient (Wildman–Crippen LogP) is 1.50. The summed E-state index contributed by atoms with van der Waals surface area (Å²) in [6.45, 7) is 13.3. The highest BCUT2D eigenvalue weighted by Gasteiger charge is 2.14. The molecule has 0 aromatic rings. The maximum absolute atomic E-state index is 11.2. The molecule has 0 rings (SSSR count). The van der Waals surface area contributed by atoms with E-state index in [4.69, 9.17) is 0 Å². The van der Waals surface area contributed by atoms with Gasteiger partial charge in [-0.05, 0) is 27.7 Å². The van der Waals surface area contributed by atoms with Crippen LogP contribution in [0.4, 0.5) is 0 Å². The van der Waals surface area contributed by atoms with Crippen LogP contribution in [0.15, 0.2) is 0 Å². The second-order valence-corrected chi connectivity index (χ2v) is 5.05. The lowest BCUT2D eigenvalue weighted by Gasteiger charge is -2.30. The molecule has 0 aliphatic rings. The lowest BCUT2D eigenvalue weighted by Crippen LogP contribution is -2.42. The summed E-state index contributed by atoms with van der Waals surface area (Å²) in [5.41, 5.74) is 0. The average molecular weight is 244 g/mol. The molecule has 0 aliphatic carbocycles. The second kappa shape index (κ2) is 8.48. The van der Waals surface area contributed by atoms with Crippen LogP contribution in [0.5, 0.6) is 0 Å². The number of ether oxygens (including phenoxy) is 1. The molecule has 1 unspecified atom stereocenters. The third-order valence-electron chi connectivity index (χ3n) is 2.93. The fraction of sp³-hybridized carbons (Fsp3) is 0.923. The first kappa shape index (κ1) is 16.4. The molecule has 0 aromatic carbocycles. The number of nitrogens with zero attached hydrogens (tertiary/aromatic N) is 1. The molecular weight excluding hydrogens is 216 g/mol. The molecule has 0 spiro atoms. The highest BCUT2D eigenvalue weighted by atomic mass is 16.5. The Hall–Kier alpha value is -0.610. The Balaban J connectivity index is 3.79. The lowest BCUT2D eigenvalue weighted by atomic mass is 10.2. The number of carbonyl (C=O) groups excluding carboxylic acids is 1. The summed E-state index contributed by atoms with van der Waals surface area (Å²) in [5, 5.41) is 3.30. The largest absolute Gasteiger partial charge is 0.469 e. The van der Waals surface area contributed by atoms with E-state index in [1.165, 1.54) is 7.11 Å². The van der Waals surface area contributed by atoms with E-state index in [0.29, 0.717) is 18.6 Å². The normalized spacial score (nSPS) is 13.5. The highest BCUT2D eigenvalue weighted by molar-refractivity contribution is 5.71. The SMILES string of the molecule is COC(=O)C(C)CNCCN(C(C)C)C(C)C. The summed E-state index contributed by atoms with van der Waals surface area (Å²) < 4.78 is 4.68. The van der Waals surface area contributed by atoms with Crippen molar-refractivity contribution in [3.8, 4) is 0 Å². The summed E-state index contributed by atoms with van der Waals surface area (Å²) in [6, 6.07) is 1.10. The standard InChI is InChI=1S/C13H28N2O2/c1-10(2)15(11(3)4)8-7-14-9-12(5)13(16)17-6/h10-12,14H,7-9H2,1-6H3. The summed E-state index contributed by atoms with van der Waals surface area (Å²) in [5.74, 6) is -0.228. The van der Waals surface area contributed by atoms with Gasteiger partial charge in [0.1, 0.15) is 0 Å². The van der Waals surface area contributed by atoms with E-state index < -0.39 is 0 Å². The van der Waals surface area contributed by atoms with Crippen molar-refractivity contribution in [1.82, 2.24) is 10.2 Å². The topological polar surface area (TPSA) is 41.6 Å². The van der Waals surface area contributed by atoms with E-state index >= 15 is 0 Å². The molecule has 0 bridgehead atoms. The molecule has 0 aliphatic heterocycles. The van der Waals surface area contributed by atoms with Crippen molar-refractivity contribution in [2.45, 2.75) is 46.7 Å². The Labute approximate surface area is 106 Å². The van der Waals surface area contributed by atoms with Gasteiger partial charge in [-0.2, -0.15) is 0 Å². The second-order valence-electron chi connectivity index (χ2n) is 5.05. The van der Waals surface area contributed by atoms with E-state index in [1.54, 1.807) is 0 Å². The molecule has 0 radical (unpaired) electrons. The molecule has 0 amide bonds. The van der Waals surface area contributed by atoms with E-state index in [0.717, 1.165) is 13.1 Å². The zero-order chi connectivity index (χ0) is 13.4. The van der Waals surface area contributed by atoms with E-state index in [1.807, 2.05) is 6.92 Å². The van der Waals surface area contributed by atoms with Gasteiger partial charge >= 0.3 is 5.97 Å². The molecule has 17 heavy (non-hydrogen) atoms. The van der Waals surface area contributed by atoms with Gasteiger partial charge in [0, 0.05) is 31.7 Å². The molecule has 4 heteroatoms. The maximum atomic E-state index is 11.2. The Morgan fingerprint density at radius 3 is 2.12 bits per heavy atom. The van der Waals surface area contributed by atoms with Crippen LogP contribution >= 0.6 is 0 Å². The molecule has 0 saturated heterocycles. The minimum absolute atomic E-state index is 0.0773. The van der Waals surface area contributed by atoms with Crippen LogP contribution in [0.2, 0.25) is 0 Å². The van der Waals surface area contributed by atoms with Crippen molar-refractivity contribution in [1.29, 1.82) is 0 Å². The van der Waals surface area contributed by atoms with Crippen molar-refractivity contribution >= 4 is 5.97 Å². The van der Waals surface area contributed by atoms with Gasteiger partial charge in [0.25, 0.3) is 0 Å². The van der Waals surface area contributed by atoms with Gasteiger partial charge in [-0.3, -0.25) is 9.69 Å². The monoisotopic (exact) mass is 244 g/mol. The van der Waals surface area contributed by atoms with Crippen LogP contribution in [0.1, 0.15) is 34.6 Å². The summed E-state index contributed by atoms with van der Waals surface area (Å²) >= 11 is 0.